The normalized spacial score (nSPS) is 20.7. The summed E-state index contributed by atoms with van der Waals surface area (Å²) < 4.78 is 0.841. The number of thiophene rings is 1. The van der Waals surface area contributed by atoms with E-state index in [0.29, 0.717) is 6.54 Å². The highest BCUT2D eigenvalue weighted by atomic mass is 79.9. The maximum Gasteiger partial charge on any atom is 0.303 e. The minimum Gasteiger partial charge on any atom is -0.481 e. The molecule has 2 unspecified atom stereocenters. The SMILES string of the molecule is CC(CC(=O)O)C1CCCN(C(=O)c2sccc2Br)C1. The first-order valence-corrected chi connectivity index (χ1v) is 8.40. The van der Waals surface area contributed by atoms with Gasteiger partial charge in [-0.15, -0.1) is 11.3 Å². The van der Waals surface area contributed by atoms with Gasteiger partial charge in [0, 0.05) is 24.0 Å². The second-order valence-electron chi connectivity index (χ2n) is 5.33. The standard InChI is InChI=1S/C14H18BrNO3S/c1-9(7-12(17)18)10-3-2-5-16(8-10)14(19)13-11(15)4-6-20-13/h4,6,9-10H,2-3,5,7-8H2,1H3,(H,17,18). The van der Waals surface area contributed by atoms with Crippen molar-refractivity contribution < 1.29 is 14.7 Å². The van der Waals surface area contributed by atoms with Crippen LogP contribution in [0, 0.1) is 11.8 Å². The molecule has 0 bridgehead atoms. The highest BCUT2D eigenvalue weighted by Gasteiger charge is 2.29. The number of amides is 1. The van der Waals surface area contributed by atoms with E-state index in [1.807, 2.05) is 23.3 Å². The van der Waals surface area contributed by atoms with Crippen LogP contribution in [0.4, 0.5) is 0 Å². The van der Waals surface area contributed by atoms with E-state index in [0.717, 1.165) is 28.7 Å². The van der Waals surface area contributed by atoms with Crippen LogP contribution in [-0.4, -0.2) is 35.0 Å². The molecule has 2 atom stereocenters. The molecule has 1 amide bonds. The fourth-order valence-corrected chi connectivity index (χ4v) is 4.20. The highest BCUT2D eigenvalue weighted by Crippen LogP contribution is 2.29. The number of carboxylic acid groups (broad SMARTS) is 1. The summed E-state index contributed by atoms with van der Waals surface area (Å²) in [7, 11) is 0. The zero-order chi connectivity index (χ0) is 14.7. The van der Waals surface area contributed by atoms with Crippen molar-refractivity contribution in [1.29, 1.82) is 0 Å². The maximum atomic E-state index is 12.5. The Morgan fingerprint density at radius 1 is 1.60 bits per heavy atom. The van der Waals surface area contributed by atoms with Gasteiger partial charge in [-0.2, -0.15) is 0 Å². The van der Waals surface area contributed by atoms with Gasteiger partial charge in [-0.1, -0.05) is 6.92 Å². The molecule has 0 saturated carbocycles. The van der Waals surface area contributed by atoms with Crippen molar-refractivity contribution in [2.75, 3.05) is 13.1 Å². The summed E-state index contributed by atoms with van der Waals surface area (Å²) in [5.41, 5.74) is 0. The molecule has 0 aromatic carbocycles. The molecular weight excluding hydrogens is 342 g/mol. The minimum atomic E-state index is -0.762. The lowest BCUT2D eigenvalue weighted by Crippen LogP contribution is -2.41. The topological polar surface area (TPSA) is 57.6 Å². The smallest absolute Gasteiger partial charge is 0.303 e. The van der Waals surface area contributed by atoms with Crippen LogP contribution in [0.1, 0.15) is 35.9 Å². The molecule has 0 aliphatic carbocycles. The molecule has 0 radical (unpaired) electrons. The number of nitrogens with zero attached hydrogens (tertiary/aromatic N) is 1. The lowest BCUT2D eigenvalue weighted by molar-refractivity contribution is -0.138. The van der Waals surface area contributed by atoms with Gasteiger partial charge in [0.2, 0.25) is 0 Å². The van der Waals surface area contributed by atoms with Gasteiger partial charge in [0.1, 0.15) is 4.88 Å². The van der Waals surface area contributed by atoms with Crippen molar-refractivity contribution in [1.82, 2.24) is 4.90 Å². The van der Waals surface area contributed by atoms with Gasteiger partial charge in [0.15, 0.2) is 0 Å². The lowest BCUT2D eigenvalue weighted by atomic mass is 9.84. The Bertz CT molecular complexity index is 502. The molecule has 0 spiro atoms. The van der Waals surface area contributed by atoms with Crippen LogP contribution in [0.25, 0.3) is 0 Å². The molecule has 20 heavy (non-hydrogen) atoms. The van der Waals surface area contributed by atoms with Gasteiger partial charge in [-0.25, -0.2) is 0 Å². The summed E-state index contributed by atoms with van der Waals surface area (Å²) in [6.45, 7) is 3.39. The maximum absolute atomic E-state index is 12.5. The number of hydrogen-bond acceptors (Lipinski definition) is 3. The van der Waals surface area contributed by atoms with E-state index in [2.05, 4.69) is 15.9 Å². The predicted octanol–water partition coefficient (Wildman–Crippen LogP) is 3.47. The highest BCUT2D eigenvalue weighted by molar-refractivity contribution is 9.10. The van der Waals surface area contributed by atoms with Gasteiger partial charge >= 0.3 is 5.97 Å². The number of carbonyl (C=O) groups is 2. The first-order valence-electron chi connectivity index (χ1n) is 6.73. The molecule has 4 nitrogen and oxygen atoms in total. The van der Waals surface area contributed by atoms with Crippen molar-refractivity contribution in [3.63, 3.8) is 0 Å². The van der Waals surface area contributed by atoms with Gasteiger partial charge in [0.05, 0.1) is 0 Å². The third kappa shape index (κ3) is 3.61. The van der Waals surface area contributed by atoms with Crippen LogP contribution in [0.15, 0.2) is 15.9 Å². The molecule has 1 aliphatic heterocycles. The van der Waals surface area contributed by atoms with Crippen molar-refractivity contribution in [3.8, 4) is 0 Å². The van der Waals surface area contributed by atoms with Crippen molar-refractivity contribution in [2.45, 2.75) is 26.2 Å². The predicted molar refractivity (Wildman–Crippen MR) is 82.1 cm³/mol. The first-order chi connectivity index (χ1) is 9.49. The molecule has 2 heterocycles. The Morgan fingerprint density at radius 3 is 2.95 bits per heavy atom. The number of aliphatic carboxylic acids is 1. The Morgan fingerprint density at radius 2 is 2.35 bits per heavy atom. The van der Waals surface area contributed by atoms with Crippen LogP contribution in [0.3, 0.4) is 0 Å². The van der Waals surface area contributed by atoms with E-state index in [1.54, 1.807) is 0 Å². The van der Waals surface area contributed by atoms with Gasteiger partial charge in [-0.3, -0.25) is 9.59 Å². The number of carbonyl (C=O) groups excluding carboxylic acids is 1. The second-order valence-corrected chi connectivity index (χ2v) is 7.10. The summed E-state index contributed by atoms with van der Waals surface area (Å²) in [5, 5.41) is 10.8. The van der Waals surface area contributed by atoms with Crippen LogP contribution < -0.4 is 0 Å². The quantitative estimate of drug-likeness (QED) is 0.895. The van der Waals surface area contributed by atoms with Crippen LogP contribution in [0.5, 0.6) is 0 Å². The van der Waals surface area contributed by atoms with Crippen molar-refractivity contribution in [3.05, 3.63) is 20.8 Å². The van der Waals surface area contributed by atoms with E-state index in [4.69, 9.17) is 5.11 Å². The van der Waals surface area contributed by atoms with Gasteiger partial charge in [0.25, 0.3) is 5.91 Å². The first kappa shape index (κ1) is 15.5. The average molecular weight is 360 g/mol. The summed E-state index contributed by atoms with van der Waals surface area (Å²) in [6, 6.07) is 1.88. The molecule has 1 aliphatic rings. The third-order valence-electron chi connectivity index (χ3n) is 3.86. The summed E-state index contributed by atoms with van der Waals surface area (Å²) in [6.07, 6.45) is 2.13. The van der Waals surface area contributed by atoms with Crippen LogP contribution >= 0.6 is 27.3 Å². The Hall–Kier alpha value is -0.880. The van der Waals surface area contributed by atoms with Crippen molar-refractivity contribution in [2.24, 2.45) is 11.8 Å². The third-order valence-corrected chi connectivity index (χ3v) is 5.68. The summed E-state index contributed by atoms with van der Waals surface area (Å²) >= 11 is 4.83. The second kappa shape index (κ2) is 6.72. The number of likely N-dealkylation sites (tertiary alicyclic amines) is 1. The monoisotopic (exact) mass is 359 g/mol. The van der Waals surface area contributed by atoms with E-state index >= 15 is 0 Å². The summed E-state index contributed by atoms with van der Waals surface area (Å²) in [5.74, 6) is -0.321. The molecule has 1 fully saturated rings. The fourth-order valence-electron chi connectivity index (χ4n) is 2.69. The Labute approximate surface area is 130 Å². The minimum absolute atomic E-state index is 0.0547. The van der Waals surface area contributed by atoms with Gasteiger partial charge < -0.3 is 10.0 Å². The molecule has 2 rings (SSSR count). The number of rotatable bonds is 4. The number of piperidine rings is 1. The fraction of sp³-hybridized carbons (Fsp3) is 0.571. The Balaban J connectivity index is 2.02. The molecule has 1 aromatic heterocycles. The molecule has 1 N–H and O–H groups in total. The van der Waals surface area contributed by atoms with E-state index in [1.165, 1.54) is 11.3 Å². The lowest BCUT2D eigenvalue weighted by Gasteiger charge is -2.35. The van der Waals surface area contributed by atoms with Crippen LogP contribution in [0.2, 0.25) is 0 Å². The molecule has 1 saturated heterocycles. The average Bonchev–Trinajstić information content (AvgIpc) is 2.83. The zero-order valence-corrected chi connectivity index (χ0v) is 13.7. The summed E-state index contributed by atoms with van der Waals surface area (Å²) in [4.78, 5) is 25.9. The van der Waals surface area contributed by atoms with E-state index in [9.17, 15) is 9.59 Å². The molecule has 110 valence electrons. The van der Waals surface area contributed by atoms with Gasteiger partial charge in [-0.05, 0) is 52.1 Å². The molecule has 1 aromatic rings. The molecular formula is C14H18BrNO3S. The number of carboxylic acids is 1. The zero-order valence-electron chi connectivity index (χ0n) is 11.3. The largest absolute Gasteiger partial charge is 0.481 e. The van der Waals surface area contributed by atoms with Crippen LogP contribution in [-0.2, 0) is 4.79 Å². The van der Waals surface area contributed by atoms with E-state index in [-0.39, 0.29) is 24.2 Å². The number of halogens is 1. The van der Waals surface area contributed by atoms with Crippen molar-refractivity contribution >= 4 is 39.1 Å². The molecule has 6 heteroatoms. The Kier molecular flexibility index (Phi) is 5.21. The number of hydrogen-bond donors (Lipinski definition) is 1. The van der Waals surface area contributed by atoms with E-state index < -0.39 is 5.97 Å².